The predicted molar refractivity (Wildman–Crippen MR) is 73.0 cm³/mol. The summed E-state index contributed by atoms with van der Waals surface area (Å²) in [6, 6.07) is 1.76. The molecule has 120 valence electrons. The number of carbonyl (C=O) groups is 2. The number of alkyl halides is 3. The van der Waals surface area contributed by atoms with Crippen molar-refractivity contribution < 1.29 is 22.8 Å². The summed E-state index contributed by atoms with van der Waals surface area (Å²) >= 11 is 0. The van der Waals surface area contributed by atoms with Gasteiger partial charge in [0.15, 0.2) is 0 Å². The molecule has 0 atom stereocenters. The van der Waals surface area contributed by atoms with Gasteiger partial charge in [-0.1, -0.05) is 0 Å². The number of nitrogens with one attached hydrogen (secondary N) is 1. The Hall–Kier alpha value is -2.12. The zero-order chi connectivity index (χ0) is 16.3. The van der Waals surface area contributed by atoms with Crippen molar-refractivity contribution in [1.29, 1.82) is 0 Å². The van der Waals surface area contributed by atoms with Gasteiger partial charge in [0, 0.05) is 25.2 Å². The van der Waals surface area contributed by atoms with E-state index in [4.69, 9.17) is 0 Å². The highest BCUT2D eigenvalue weighted by atomic mass is 19.4. The maximum Gasteiger partial charge on any atom is 0.471 e. The van der Waals surface area contributed by atoms with Crippen LogP contribution in [0.3, 0.4) is 0 Å². The van der Waals surface area contributed by atoms with Crippen LogP contribution in [0.5, 0.6) is 0 Å². The van der Waals surface area contributed by atoms with Crippen molar-refractivity contribution in [3.63, 3.8) is 0 Å². The second-order valence-corrected chi connectivity index (χ2v) is 5.30. The minimum Gasteiger partial charge on any atom is -0.335 e. The summed E-state index contributed by atoms with van der Waals surface area (Å²) in [5.74, 6) is -2.50. The molecular formula is C14H16F3N3O2. The molecule has 2 rings (SSSR count). The highest BCUT2D eigenvalue weighted by Crippen LogP contribution is 2.24. The average molecular weight is 315 g/mol. The molecule has 1 aromatic rings. The van der Waals surface area contributed by atoms with Crippen LogP contribution in [0, 0.1) is 12.8 Å². The Bertz CT molecular complexity index is 567. The summed E-state index contributed by atoms with van der Waals surface area (Å²) in [5.41, 5.74) is 1.45. The number of aryl methyl sites for hydroxylation is 1. The van der Waals surface area contributed by atoms with Crippen molar-refractivity contribution in [3.05, 3.63) is 24.0 Å². The normalized spacial score (nSPS) is 16.5. The van der Waals surface area contributed by atoms with E-state index in [1.165, 1.54) is 6.20 Å². The van der Waals surface area contributed by atoms with Gasteiger partial charge in [-0.3, -0.25) is 14.6 Å². The van der Waals surface area contributed by atoms with E-state index < -0.39 is 18.0 Å². The molecule has 0 bridgehead atoms. The third-order valence-corrected chi connectivity index (χ3v) is 3.54. The summed E-state index contributed by atoms with van der Waals surface area (Å²) < 4.78 is 37.0. The first-order chi connectivity index (χ1) is 10.3. The summed E-state index contributed by atoms with van der Waals surface area (Å²) in [4.78, 5) is 27.9. The number of pyridine rings is 1. The molecule has 2 heterocycles. The monoisotopic (exact) mass is 315 g/mol. The number of hydrogen-bond donors (Lipinski definition) is 1. The lowest BCUT2D eigenvalue weighted by molar-refractivity contribution is -0.186. The van der Waals surface area contributed by atoms with E-state index in [0.717, 1.165) is 10.5 Å². The van der Waals surface area contributed by atoms with Gasteiger partial charge in [0.2, 0.25) is 5.91 Å². The zero-order valence-electron chi connectivity index (χ0n) is 12.0. The number of aromatic nitrogens is 1. The Labute approximate surface area is 125 Å². The quantitative estimate of drug-likeness (QED) is 0.909. The second kappa shape index (κ2) is 6.33. The SMILES string of the molecule is Cc1cncc(NC(=O)C2CCN(C(=O)C(F)(F)F)CC2)c1. The van der Waals surface area contributed by atoms with Crippen LogP contribution in [0.1, 0.15) is 18.4 Å². The van der Waals surface area contributed by atoms with E-state index in [0.29, 0.717) is 5.69 Å². The van der Waals surface area contributed by atoms with E-state index >= 15 is 0 Å². The standard InChI is InChI=1S/C14H16F3N3O2/c1-9-6-11(8-18-7-9)19-12(21)10-2-4-20(5-3-10)13(22)14(15,16)17/h6-8,10H,2-5H2,1H3,(H,19,21). The fraction of sp³-hybridized carbons (Fsp3) is 0.500. The van der Waals surface area contributed by atoms with Crippen LogP contribution in [0.25, 0.3) is 0 Å². The fourth-order valence-corrected chi connectivity index (χ4v) is 2.39. The Balaban J connectivity index is 1.89. The van der Waals surface area contributed by atoms with Crippen molar-refractivity contribution in [1.82, 2.24) is 9.88 Å². The topological polar surface area (TPSA) is 62.3 Å². The number of nitrogens with zero attached hydrogens (tertiary/aromatic N) is 2. The molecule has 0 aromatic carbocycles. The van der Waals surface area contributed by atoms with Crippen LogP contribution in [0.4, 0.5) is 18.9 Å². The summed E-state index contributed by atoms with van der Waals surface area (Å²) in [6.07, 6.45) is -1.27. The van der Waals surface area contributed by atoms with Gasteiger partial charge in [0.05, 0.1) is 11.9 Å². The first-order valence-corrected chi connectivity index (χ1v) is 6.86. The molecule has 1 aromatic heterocycles. The predicted octanol–water partition coefficient (Wildman–Crippen LogP) is 2.13. The van der Waals surface area contributed by atoms with Crippen LogP contribution < -0.4 is 5.32 Å². The number of likely N-dealkylation sites (tertiary alicyclic amines) is 1. The molecule has 0 unspecified atom stereocenters. The third-order valence-electron chi connectivity index (χ3n) is 3.54. The molecular weight excluding hydrogens is 299 g/mol. The Morgan fingerprint density at radius 3 is 2.45 bits per heavy atom. The summed E-state index contributed by atoms with van der Waals surface area (Å²) in [7, 11) is 0. The molecule has 1 saturated heterocycles. The van der Waals surface area contributed by atoms with Gasteiger partial charge in [0.1, 0.15) is 0 Å². The number of amides is 2. The van der Waals surface area contributed by atoms with Crippen LogP contribution in [0.15, 0.2) is 18.5 Å². The Morgan fingerprint density at radius 1 is 1.27 bits per heavy atom. The summed E-state index contributed by atoms with van der Waals surface area (Å²) in [5, 5.41) is 2.70. The van der Waals surface area contributed by atoms with Crippen LogP contribution >= 0.6 is 0 Å². The van der Waals surface area contributed by atoms with E-state index in [-0.39, 0.29) is 31.8 Å². The third kappa shape index (κ3) is 3.96. The van der Waals surface area contributed by atoms with Gasteiger partial charge in [0.25, 0.3) is 0 Å². The molecule has 1 aliphatic heterocycles. The number of hydrogen-bond acceptors (Lipinski definition) is 3. The number of halogens is 3. The number of piperidine rings is 1. The lowest BCUT2D eigenvalue weighted by Crippen LogP contribution is -2.46. The largest absolute Gasteiger partial charge is 0.471 e. The fourth-order valence-electron chi connectivity index (χ4n) is 2.39. The Kier molecular flexibility index (Phi) is 4.68. The number of rotatable bonds is 2. The van der Waals surface area contributed by atoms with Gasteiger partial charge in [-0.15, -0.1) is 0 Å². The molecule has 2 amide bonds. The molecule has 5 nitrogen and oxygen atoms in total. The van der Waals surface area contributed by atoms with E-state index in [1.807, 2.05) is 6.92 Å². The minimum absolute atomic E-state index is 0.0670. The van der Waals surface area contributed by atoms with Crippen molar-refractivity contribution >= 4 is 17.5 Å². The van der Waals surface area contributed by atoms with E-state index in [9.17, 15) is 22.8 Å². The van der Waals surface area contributed by atoms with Gasteiger partial charge < -0.3 is 10.2 Å². The van der Waals surface area contributed by atoms with E-state index in [1.54, 1.807) is 12.3 Å². The first-order valence-electron chi connectivity index (χ1n) is 6.86. The van der Waals surface area contributed by atoms with Crippen molar-refractivity contribution in [2.45, 2.75) is 25.9 Å². The van der Waals surface area contributed by atoms with Gasteiger partial charge in [-0.2, -0.15) is 13.2 Å². The van der Waals surface area contributed by atoms with Crippen molar-refractivity contribution in [2.75, 3.05) is 18.4 Å². The number of carbonyl (C=O) groups excluding carboxylic acids is 2. The van der Waals surface area contributed by atoms with Crippen LogP contribution in [-0.2, 0) is 9.59 Å². The molecule has 0 saturated carbocycles. The van der Waals surface area contributed by atoms with Crippen molar-refractivity contribution in [2.24, 2.45) is 5.92 Å². The average Bonchev–Trinajstić information content (AvgIpc) is 2.45. The molecule has 0 spiro atoms. The highest BCUT2D eigenvalue weighted by molar-refractivity contribution is 5.92. The zero-order valence-corrected chi connectivity index (χ0v) is 12.0. The van der Waals surface area contributed by atoms with E-state index in [2.05, 4.69) is 10.3 Å². The maximum absolute atomic E-state index is 12.3. The molecule has 1 N–H and O–H groups in total. The lowest BCUT2D eigenvalue weighted by Gasteiger charge is -2.31. The lowest BCUT2D eigenvalue weighted by atomic mass is 9.95. The second-order valence-electron chi connectivity index (χ2n) is 5.30. The maximum atomic E-state index is 12.3. The molecule has 22 heavy (non-hydrogen) atoms. The van der Waals surface area contributed by atoms with Gasteiger partial charge in [-0.05, 0) is 31.4 Å². The highest BCUT2D eigenvalue weighted by Gasteiger charge is 2.43. The molecule has 1 aliphatic rings. The molecule has 0 radical (unpaired) electrons. The molecule has 1 fully saturated rings. The van der Waals surface area contributed by atoms with Gasteiger partial charge in [-0.25, -0.2) is 0 Å². The van der Waals surface area contributed by atoms with Crippen LogP contribution in [-0.4, -0.2) is 41.0 Å². The summed E-state index contributed by atoms with van der Waals surface area (Å²) in [6.45, 7) is 1.70. The molecule has 0 aliphatic carbocycles. The number of anilines is 1. The minimum atomic E-state index is -4.86. The smallest absolute Gasteiger partial charge is 0.335 e. The van der Waals surface area contributed by atoms with Crippen molar-refractivity contribution in [3.8, 4) is 0 Å². The Morgan fingerprint density at radius 2 is 1.91 bits per heavy atom. The van der Waals surface area contributed by atoms with Gasteiger partial charge >= 0.3 is 12.1 Å². The first kappa shape index (κ1) is 16.3. The van der Waals surface area contributed by atoms with Crippen LogP contribution in [0.2, 0.25) is 0 Å². The molecule has 8 heteroatoms.